The Balaban J connectivity index is 1.97. The van der Waals surface area contributed by atoms with E-state index in [-0.39, 0.29) is 11.1 Å². The summed E-state index contributed by atoms with van der Waals surface area (Å²) in [5, 5.41) is -0.330. The van der Waals surface area contributed by atoms with Crippen molar-refractivity contribution in [3.8, 4) is 11.5 Å². The summed E-state index contributed by atoms with van der Waals surface area (Å²) in [6.45, 7) is 3.94. The standard InChI is InChI=1S/C20H17NO4S/c1-3-12-25-18-14(8-7-11-16(18)24-2)13-17-19(22)21(20(23)26-17)15-9-5-4-6-10-15/h3-11,13H,1,12H2,2H3/b17-13+. The van der Waals surface area contributed by atoms with Crippen molar-refractivity contribution >= 4 is 34.7 Å². The van der Waals surface area contributed by atoms with E-state index in [0.717, 1.165) is 11.8 Å². The predicted molar refractivity (Wildman–Crippen MR) is 104 cm³/mol. The molecule has 0 radical (unpaired) electrons. The average Bonchev–Trinajstić information content (AvgIpc) is 2.94. The molecule has 0 N–H and O–H groups in total. The number of benzene rings is 2. The summed E-state index contributed by atoms with van der Waals surface area (Å²) in [6, 6.07) is 14.2. The van der Waals surface area contributed by atoms with Gasteiger partial charge in [-0.3, -0.25) is 9.59 Å². The molecule has 2 aromatic rings. The monoisotopic (exact) mass is 367 g/mol. The van der Waals surface area contributed by atoms with Crippen molar-refractivity contribution in [1.82, 2.24) is 0 Å². The Hall–Kier alpha value is -2.99. The van der Waals surface area contributed by atoms with E-state index in [0.29, 0.717) is 34.3 Å². The van der Waals surface area contributed by atoms with Crippen LogP contribution in [0.2, 0.25) is 0 Å². The zero-order valence-corrected chi connectivity index (χ0v) is 15.0. The quantitative estimate of drug-likeness (QED) is 0.556. The number of anilines is 1. The fourth-order valence-corrected chi connectivity index (χ4v) is 3.34. The molecule has 1 fully saturated rings. The lowest BCUT2D eigenvalue weighted by Crippen LogP contribution is -2.27. The molecule has 1 heterocycles. The van der Waals surface area contributed by atoms with Crippen LogP contribution in [0.25, 0.3) is 6.08 Å². The number of hydrogen-bond acceptors (Lipinski definition) is 5. The number of carbonyl (C=O) groups is 2. The lowest BCUT2D eigenvalue weighted by atomic mass is 10.1. The van der Waals surface area contributed by atoms with Crippen LogP contribution in [0.15, 0.2) is 66.1 Å². The van der Waals surface area contributed by atoms with Crippen molar-refractivity contribution in [2.45, 2.75) is 0 Å². The Morgan fingerprint density at radius 1 is 1.12 bits per heavy atom. The van der Waals surface area contributed by atoms with Crippen LogP contribution in [0.5, 0.6) is 11.5 Å². The number of hydrogen-bond donors (Lipinski definition) is 0. The van der Waals surface area contributed by atoms with Crippen molar-refractivity contribution < 1.29 is 19.1 Å². The van der Waals surface area contributed by atoms with E-state index < -0.39 is 0 Å². The van der Waals surface area contributed by atoms with Gasteiger partial charge in [0, 0.05) is 5.56 Å². The number of amides is 2. The number of para-hydroxylation sites is 2. The highest BCUT2D eigenvalue weighted by Gasteiger charge is 2.36. The van der Waals surface area contributed by atoms with Crippen LogP contribution in [0.4, 0.5) is 10.5 Å². The average molecular weight is 367 g/mol. The molecule has 5 nitrogen and oxygen atoms in total. The molecule has 0 aliphatic carbocycles. The highest BCUT2D eigenvalue weighted by molar-refractivity contribution is 8.19. The number of nitrogens with zero attached hydrogens (tertiary/aromatic N) is 1. The Morgan fingerprint density at radius 3 is 2.58 bits per heavy atom. The molecule has 1 aliphatic heterocycles. The van der Waals surface area contributed by atoms with E-state index in [1.165, 1.54) is 4.90 Å². The van der Waals surface area contributed by atoms with Crippen LogP contribution in [-0.4, -0.2) is 24.9 Å². The molecule has 0 atom stereocenters. The van der Waals surface area contributed by atoms with Gasteiger partial charge in [-0.2, -0.15) is 0 Å². The molecular formula is C20H17NO4S. The van der Waals surface area contributed by atoms with Crippen LogP contribution in [-0.2, 0) is 4.79 Å². The molecule has 3 rings (SSSR count). The minimum Gasteiger partial charge on any atom is -0.493 e. The fourth-order valence-electron chi connectivity index (χ4n) is 2.51. The predicted octanol–water partition coefficient (Wildman–Crippen LogP) is 4.50. The zero-order chi connectivity index (χ0) is 18.5. The summed E-state index contributed by atoms with van der Waals surface area (Å²) in [4.78, 5) is 26.5. The van der Waals surface area contributed by atoms with E-state index >= 15 is 0 Å². The van der Waals surface area contributed by atoms with Gasteiger partial charge in [-0.25, -0.2) is 4.90 Å². The summed E-state index contributed by atoms with van der Waals surface area (Å²) >= 11 is 0.899. The molecule has 0 bridgehead atoms. The van der Waals surface area contributed by atoms with Gasteiger partial charge in [0.2, 0.25) is 0 Å². The molecule has 6 heteroatoms. The topological polar surface area (TPSA) is 55.8 Å². The van der Waals surface area contributed by atoms with Crippen molar-refractivity contribution in [1.29, 1.82) is 0 Å². The van der Waals surface area contributed by atoms with Gasteiger partial charge < -0.3 is 9.47 Å². The maximum Gasteiger partial charge on any atom is 0.298 e. The lowest BCUT2D eigenvalue weighted by Gasteiger charge is -2.13. The summed E-state index contributed by atoms with van der Waals surface area (Å²) in [7, 11) is 1.54. The highest BCUT2D eigenvalue weighted by Crippen LogP contribution is 2.38. The van der Waals surface area contributed by atoms with Gasteiger partial charge >= 0.3 is 0 Å². The van der Waals surface area contributed by atoms with Crippen molar-refractivity contribution in [2.75, 3.05) is 18.6 Å². The number of ether oxygens (including phenoxy) is 2. The second kappa shape index (κ2) is 7.93. The Kier molecular flexibility index (Phi) is 5.43. The first kappa shape index (κ1) is 17.8. The van der Waals surface area contributed by atoms with E-state index in [1.54, 1.807) is 61.7 Å². The molecule has 1 aliphatic rings. The van der Waals surface area contributed by atoms with E-state index in [9.17, 15) is 9.59 Å². The Labute approximate surface area is 155 Å². The largest absolute Gasteiger partial charge is 0.493 e. The molecule has 0 saturated carbocycles. The normalized spacial score (nSPS) is 15.4. The first-order valence-electron chi connectivity index (χ1n) is 7.89. The molecule has 26 heavy (non-hydrogen) atoms. The highest BCUT2D eigenvalue weighted by atomic mass is 32.2. The third kappa shape index (κ3) is 3.50. The van der Waals surface area contributed by atoms with Gasteiger partial charge in [-0.05, 0) is 36.0 Å². The second-order valence-corrected chi connectivity index (χ2v) is 6.32. The summed E-state index contributed by atoms with van der Waals surface area (Å²) in [5.74, 6) is 0.688. The number of carbonyl (C=O) groups excluding carboxylic acids is 2. The van der Waals surface area contributed by atoms with Crippen LogP contribution in [0.1, 0.15) is 5.56 Å². The molecule has 0 spiro atoms. The third-order valence-electron chi connectivity index (χ3n) is 3.67. The van der Waals surface area contributed by atoms with E-state index in [2.05, 4.69) is 6.58 Å². The van der Waals surface area contributed by atoms with Crippen LogP contribution in [0, 0.1) is 0 Å². The van der Waals surface area contributed by atoms with Gasteiger partial charge in [-0.1, -0.05) is 43.0 Å². The molecule has 2 aromatic carbocycles. The molecule has 1 saturated heterocycles. The zero-order valence-electron chi connectivity index (χ0n) is 14.2. The first-order chi connectivity index (χ1) is 12.7. The van der Waals surface area contributed by atoms with Crippen LogP contribution < -0.4 is 14.4 Å². The first-order valence-corrected chi connectivity index (χ1v) is 8.71. The lowest BCUT2D eigenvalue weighted by molar-refractivity contribution is -0.113. The third-order valence-corrected chi connectivity index (χ3v) is 4.54. The number of methoxy groups -OCH3 is 1. The van der Waals surface area contributed by atoms with Crippen molar-refractivity contribution in [2.24, 2.45) is 0 Å². The minimum atomic E-state index is -0.358. The van der Waals surface area contributed by atoms with Crippen molar-refractivity contribution in [3.05, 3.63) is 71.7 Å². The van der Waals surface area contributed by atoms with Gasteiger partial charge in [0.1, 0.15) is 6.61 Å². The fraction of sp³-hybridized carbons (Fsp3) is 0.100. The summed E-state index contributed by atoms with van der Waals surface area (Å²) in [6.07, 6.45) is 3.27. The molecular weight excluding hydrogens is 350 g/mol. The smallest absolute Gasteiger partial charge is 0.298 e. The van der Waals surface area contributed by atoms with Gasteiger partial charge in [-0.15, -0.1) is 0 Å². The van der Waals surface area contributed by atoms with Gasteiger partial charge in [0.25, 0.3) is 11.1 Å². The minimum absolute atomic E-state index is 0.298. The van der Waals surface area contributed by atoms with E-state index in [4.69, 9.17) is 9.47 Å². The van der Waals surface area contributed by atoms with Gasteiger partial charge in [0.15, 0.2) is 11.5 Å². The second-order valence-electron chi connectivity index (χ2n) is 5.33. The van der Waals surface area contributed by atoms with Crippen LogP contribution >= 0.6 is 11.8 Å². The molecule has 132 valence electrons. The summed E-state index contributed by atoms with van der Waals surface area (Å²) in [5.41, 5.74) is 1.21. The number of thioether (sulfide) groups is 1. The SMILES string of the molecule is C=CCOc1c(/C=C2/SC(=O)N(c3ccccc3)C2=O)cccc1OC. The van der Waals surface area contributed by atoms with Gasteiger partial charge in [0.05, 0.1) is 17.7 Å². The Bertz CT molecular complexity index is 877. The van der Waals surface area contributed by atoms with Crippen LogP contribution in [0.3, 0.4) is 0 Å². The number of rotatable bonds is 6. The summed E-state index contributed by atoms with van der Waals surface area (Å²) < 4.78 is 11.0. The molecule has 2 amide bonds. The molecule has 0 aromatic heterocycles. The molecule has 0 unspecified atom stereocenters. The Morgan fingerprint density at radius 2 is 1.88 bits per heavy atom. The number of imide groups is 1. The maximum atomic E-state index is 12.7. The maximum absolute atomic E-state index is 12.7. The van der Waals surface area contributed by atoms with Crippen molar-refractivity contribution in [3.63, 3.8) is 0 Å². The van der Waals surface area contributed by atoms with E-state index in [1.807, 2.05) is 6.07 Å².